The van der Waals surface area contributed by atoms with Crippen LogP contribution in [-0.2, 0) is 0 Å². The molecule has 0 saturated heterocycles. The molecule has 94 valence electrons. The first-order chi connectivity index (χ1) is 9.16. The Morgan fingerprint density at radius 2 is 1.95 bits per heavy atom. The van der Waals surface area contributed by atoms with E-state index in [1.165, 1.54) is 24.4 Å². The summed E-state index contributed by atoms with van der Waals surface area (Å²) in [7, 11) is 0. The monoisotopic (exact) mass is 256 g/mol. The molecule has 0 amide bonds. The van der Waals surface area contributed by atoms with Gasteiger partial charge in [0, 0.05) is 11.8 Å². The Morgan fingerprint density at radius 3 is 2.63 bits per heavy atom. The molecule has 0 bridgehead atoms. The number of fused-ring (bicyclic) bond motifs is 1. The minimum absolute atomic E-state index is 0.184. The molecule has 0 aliphatic rings. The van der Waals surface area contributed by atoms with E-state index in [1.54, 1.807) is 28.8 Å². The first-order valence-corrected chi connectivity index (χ1v) is 5.62. The van der Waals surface area contributed by atoms with Crippen molar-refractivity contribution in [3.8, 4) is 11.4 Å². The van der Waals surface area contributed by atoms with Gasteiger partial charge in [-0.3, -0.25) is 4.40 Å². The smallest absolute Gasteiger partial charge is 0.337 e. The summed E-state index contributed by atoms with van der Waals surface area (Å²) in [5.74, 6) is -0.745. The van der Waals surface area contributed by atoms with E-state index in [0.717, 1.165) is 5.56 Å². The first-order valence-electron chi connectivity index (χ1n) is 5.62. The van der Waals surface area contributed by atoms with Crippen molar-refractivity contribution in [3.05, 3.63) is 60.2 Å². The predicted molar refractivity (Wildman–Crippen MR) is 67.5 cm³/mol. The fourth-order valence-corrected chi connectivity index (χ4v) is 2.02. The summed E-state index contributed by atoms with van der Waals surface area (Å²) in [6, 6.07) is 9.07. The van der Waals surface area contributed by atoms with Gasteiger partial charge in [-0.15, -0.1) is 0 Å². The average molecular weight is 256 g/mol. The van der Waals surface area contributed by atoms with Crippen LogP contribution in [0.2, 0.25) is 0 Å². The Hall–Kier alpha value is -2.69. The van der Waals surface area contributed by atoms with Crippen molar-refractivity contribution in [2.75, 3.05) is 0 Å². The largest absolute Gasteiger partial charge is 0.478 e. The molecule has 0 unspecified atom stereocenters. The van der Waals surface area contributed by atoms with Crippen LogP contribution in [0.4, 0.5) is 4.39 Å². The Kier molecular flexibility index (Phi) is 2.52. The second kappa shape index (κ2) is 4.20. The molecule has 0 saturated carbocycles. The van der Waals surface area contributed by atoms with Crippen LogP contribution in [0.15, 0.2) is 48.8 Å². The normalized spacial score (nSPS) is 10.8. The number of hydrogen-bond donors (Lipinski definition) is 1. The number of hydrogen-bond acceptors (Lipinski definition) is 2. The third-order valence-electron chi connectivity index (χ3n) is 2.90. The van der Waals surface area contributed by atoms with Gasteiger partial charge in [-0.2, -0.15) is 0 Å². The number of carbonyl (C=O) groups is 1. The van der Waals surface area contributed by atoms with Gasteiger partial charge in [0.25, 0.3) is 0 Å². The van der Waals surface area contributed by atoms with Crippen LogP contribution in [0.1, 0.15) is 10.4 Å². The third kappa shape index (κ3) is 1.85. The molecule has 19 heavy (non-hydrogen) atoms. The van der Waals surface area contributed by atoms with Gasteiger partial charge < -0.3 is 5.11 Å². The number of aromatic nitrogens is 2. The van der Waals surface area contributed by atoms with Crippen molar-refractivity contribution in [1.82, 2.24) is 9.38 Å². The Labute approximate surface area is 107 Å². The zero-order valence-electron chi connectivity index (χ0n) is 9.75. The Bertz CT molecular complexity index is 763. The van der Waals surface area contributed by atoms with Gasteiger partial charge in [0.2, 0.25) is 0 Å². The molecule has 2 heterocycles. The highest BCUT2D eigenvalue weighted by atomic mass is 19.1. The Morgan fingerprint density at radius 1 is 1.21 bits per heavy atom. The summed E-state index contributed by atoms with van der Waals surface area (Å²) in [5, 5.41) is 9.11. The van der Waals surface area contributed by atoms with Gasteiger partial charge >= 0.3 is 5.97 Å². The van der Waals surface area contributed by atoms with Gasteiger partial charge in [0.15, 0.2) is 0 Å². The summed E-state index contributed by atoms with van der Waals surface area (Å²) in [6.45, 7) is 0. The highest BCUT2D eigenvalue weighted by Crippen LogP contribution is 2.22. The fraction of sp³-hybridized carbons (Fsp3) is 0. The lowest BCUT2D eigenvalue weighted by Gasteiger charge is -2.03. The number of carboxylic acid groups (broad SMARTS) is 1. The molecular weight excluding hydrogens is 247 g/mol. The van der Waals surface area contributed by atoms with Gasteiger partial charge in [-0.1, -0.05) is 0 Å². The third-order valence-corrected chi connectivity index (χ3v) is 2.90. The SMILES string of the molecule is O=C(O)c1cccn2c(-c3ccc(F)cc3)ncc12. The van der Waals surface area contributed by atoms with Crippen molar-refractivity contribution in [2.24, 2.45) is 0 Å². The molecule has 3 aromatic rings. The quantitative estimate of drug-likeness (QED) is 0.767. The molecule has 5 heteroatoms. The van der Waals surface area contributed by atoms with Crippen molar-refractivity contribution in [2.45, 2.75) is 0 Å². The van der Waals surface area contributed by atoms with Crippen LogP contribution < -0.4 is 0 Å². The van der Waals surface area contributed by atoms with Gasteiger partial charge in [0.05, 0.1) is 17.3 Å². The summed E-state index contributed by atoms with van der Waals surface area (Å²) in [5.41, 5.74) is 1.42. The molecule has 1 aromatic carbocycles. The number of aromatic carboxylic acids is 1. The highest BCUT2D eigenvalue weighted by molar-refractivity contribution is 5.95. The number of imidazole rings is 1. The number of rotatable bonds is 2. The number of carboxylic acids is 1. The van der Waals surface area contributed by atoms with E-state index in [9.17, 15) is 9.18 Å². The maximum atomic E-state index is 12.9. The standard InChI is InChI=1S/C14H9FN2O2/c15-10-5-3-9(4-6-10)13-16-8-12-11(14(18)19)2-1-7-17(12)13/h1-8H,(H,18,19). The van der Waals surface area contributed by atoms with Crippen molar-refractivity contribution in [3.63, 3.8) is 0 Å². The molecule has 0 radical (unpaired) electrons. The zero-order chi connectivity index (χ0) is 13.4. The highest BCUT2D eigenvalue weighted by Gasteiger charge is 2.12. The van der Waals surface area contributed by atoms with Crippen LogP contribution in [-0.4, -0.2) is 20.5 Å². The van der Waals surface area contributed by atoms with E-state index >= 15 is 0 Å². The molecule has 4 nitrogen and oxygen atoms in total. The van der Waals surface area contributed by atoms with Crippen LogP contribution in [0.25, 0.3) is 16.9 Å². The second-order valence-electron chi connectivity index (χ2n) is 4.07. The average Bonchev–Trinajstić information content (AvgIpc) is 2.83. The van der Waals surface area contributed by atoms with E-state index < -0.39 is 5.97 Å². The second-order valence-corrected chi connectivity index (χ2v) is 4.07. The summed E-state index contributed by atoms with van der Waals surface area (Å²) in [4.78, 5) is 15.3. The molecule has 0 fully saturated rings. The molecule has 0 atom stereocenters. The van der Waals surface area contributed by atoms with E-state index in [0.29, 0.717) is 11.3 Å². The Balaban J connectivity index is 2.24. The number of nitrogens with zero attached hydrogens (tertiary/aromatic N) is 2. The van der Waals surface area contributed by atoms with Crippen molar-refractivity contribution in [1.29, 1.82) is 0 Å². The molecule has 0 spiro atoms. The number of halogens is 1. The van der Waals surface area contributed by atoms with E-state index in [4.69, 9.17) is 5.11 Å². The maximum Gasteiger partial charge on any atom is 0.337 e. The van der Waals surface area contributed by atoms with Crippen LogP contribution >= 0.6 is 0 Å². The zero-order valence-corrected chi connectivity index (χ0v) is 9.75. The van der Waals surface area contributed by atoms with E-state index in [2.05, 4.69) is 4.98 Å². The van der Waals surface area contributed by atoms with Crippen LogP contribution in [0.5, 0.6) is 0 Å². The van der Waals surface area contributed by atoms with Crippen LogP contribution in [0, 0.1) is 5.82 Å². The lowest BCUT2D eigenvalue weighted by atomic mass is 10.2. The topological polar surface area (TPSA) is 54.6 Å². The van der Waals surface area contributed by atoms with E-state index in [1.807, 2.05) is 0 Å². The van der Waals surface area contributed by atoms with E-state index in [-0.39, 0.29) is 11.4 Å². The molecule has 1 N–H and O–H groups in total. The molecule has 0 aliphatic carbocycles. The minimum Gasteiger partial charge on any atom is -0.478 e. The number of benzene rings is 1. The first kappa shape index (κ1) is 11.4. The fourth-order valence-electron chi connectivity index (χ4n) is 2.02. The van der Waals surface area contributed by atoms with Crippen molar-refractivity contribution < 1.29 is 14.3 Å². The summed E-state index contributed by atoms with van der Waals surface area (Å²) >= 11 is 0. The van der Waals surface area contributed by atoms with Gasteiger partial charge in [-0.05, 0) is 36.4 Å². The molecule has 3 rings (SSSR count). The molecular formula is C14H9FN2O2. The number of pyridine rings is 1. The van der Waals surface area contributed by atoms with Crippen molar-refractivity contribution >= 4 is 11.5 Å². The van der Waals surface area contributed by atoms with Crippen LogP contribution in [0.3, 0.4) is 0 Å². The summed E-state index contributed by atoms with van der Waals surface area (Å²) < 4.78 is 14.6. The predicted octanol–water partition coefficient (Wildman–Crippen LogP) is 2.84. The molecule has 0 aliphatic heterocycles. The maximum absolute atomic E-state index is 12.9. The van der Waals surface area contributed by atoms with Gasteiger partial charge in [-0.25, -0.2) is 14.2 Å². The summed E-state index contributed by atoms with van der Waals surface area (Å²) in [6.07, 6.45) is 3.23. The molecule has 2 aromatic heterocycles. The minimum atomic E-state index is -1.00. The van der Waals surface area contributed by atoms with Gasteiger partial charge in [0.1, 0.15) is 11.6 Å². The lowest BCUT2D eigenvalue weighted by Crippen LogP contribution is -1.99. The lowest BCUT2D eigenvalue weighted by molar-refractivity contribution is 0.0698.